The summed E-state index contributed by atoms with van der Waals surface area (Å²) in [6, 6.07) is 6.34. The number of hydrogen-bond donors (Lipinski definition) is 2. The first kappa shape index (κ1) is 20.9. The number of carbonyl (C=O) groups excluding carboxylic acids is 3. The van der Waals surface area contributed by atoms with Gasteiger partial charge >= 0.3 is 0 Å². The lowest BCUT2D eigenvalue weighted by Crippen LogP contribution is -2.48. The summed E-state index contributed by atoms with van der Waals surface area (Å²) in [5.74, 6) is 0.471. The van der Waals surface area contributed by atoms with Gasteiger partial charge in [-0.3, -0.25) is 14.4 Å². The number of hydrogen-bond acceptors (Lipinski definition) is 6. The fourth-order valence-electron chi connectivity index (χ4n) is 4.14. The van der Waals surface area contributed by atoms with Crippen molar-refractivity contribution in [3.8, 4) is 5.75 Å². The van der Waals surface area contributed by atoms with Gasteiger partial charge in [0.1, 0.15) is 18.1 Å². The first-order valence-corrected chi connectivity index (χ1v) is 10.5. The molecule has 31 heavy (non-hydrogen) atoms. The van der Waals surface area contributed by atoms with Gasteiger partial charge in [0.25, 0.3) is 11.8 Å². The molecule has 0 saturated carbocycles. The molecular weight excluding hydrogens is 400 g/mol. The maximum Gasteiger partial charge on any atom is 0.276 e. The third-order valence-electron chi connectivity index (χ3n) is 5.75. The highest BCUT2D eigenvalue weighted by molar-refractivity contribution is 5.95. The van der Waals surface area contributed by atoms with Gasteiger partial charge in [0, 0.05) is 36.7 Å². The van der Waals surface area contributed by atoms with Gasteiger partial charge in [0.15, 0.2) is 5.69 Å². The molecule has 4 rings (SSSR count). The fraction of sp³-hybridized carbons (Fsp3) is 0.455. The highest BCUT2D eigenvalue weighted by Gasteiger charge is 2.39. The lowest BCUT2D eigenvalue weighted by atomic mass is 10.1. The number of amides is 3. The number of ether oxygens (including phenoxy) is 1. The Morgan fingerprint density at radius 2 is 1.94 bits per heavy atom. The van der Waals surface area contributed by atoms with Gasteiger partial charge in [-0.1, -0.05) is 11.2 Å². The number of nitrogens with one attached hydrogen (secondary N) is 2. The molecule has 3 heterocycles. The topological polar surface area (TPSA) is 114 Å². The van der Waals surface area contributed by atoms with Crippen LogP contribution in [0.3, 0.4) is 0 Å². The molecule has 1 saturated heterocycles. The molecule has 0 radical (unpaired) electrons. The van der Waals surface area contributed by atoms with Gasteiger partial charge in [-0.25, -0.2) is 0 Å². The fourth-order valence-corrected chi connectivity index (χ4v) is 4.14. The van der Waals surface area contributed by atoms with Crippen LogP contribution in [0.4, 0.5) is 0 Å². The van der Waals surface area contributed by atoms with Gasteiger partial charge < -0.3 is 24.8 Å². The molecule has 3 amide bonds. The van der Waals surface area contributed by atoms with Crippen LogP contribution in [0.25, 0.3) is 0 Å². The Bertz CT molecular complexity index is 1000. The van der Waals surface area contributed by atoms with Crippen LogP contribution in [0.2, 0.25) is 0 Å². The summed E-state index contributed by atoms with van der Waals surface area (Å²) < 4.78 is 10.8. The molecule has 1 aromatic carbocycles. The molecule has 2 N–H and O–H groups in total. The molecule has 9 nitrogen and oxygen atoms in total. The average molecular weight is 426 g/mol. The summed E-state index contributed by atoms with van der Waals surface area (Å²) in [5.41, 5.74) is 1.60. The Morgan fingerprint density at radius 1 is 1.13 bits per heavy atom. The van der Waals surface area contributed by atoms with E-state index < -0.39 is 0 Å². The van der Waals surface area contributed by atoms with Crippen LogP contribution in [0.5, 0.6) is 5.75 Å². The first-order chi connectivity index (χ1) is 14.9. The summed E-state index contributed by atoms with van der Waals surface area (Å²) in [5, 5.41) is 9.63. The van der Waals surface area contributed by atoms with E-state index in [-0.39, 0.29) is 55.1 Å². The van der Waals surface area contributed by atoms with Crippen molar-refractivity contribution in [1.29, 1.82) is 0 Å². The number of carbonyl (C=O) groups is 3. The second-order valence-electron chi connectivity index (χ2n) is 8.01. The second-order valence-corrected chi connectivity index (χ2v) is 8.01. The molecule has 2 atom stereocenters. The van der Waals surface area contributed by atoms with E-state index in [1.165, 1.54) is 0 Å². The Morgan fingerprint density at radius 3 is 2.71 bits per heavy atom. The monoisotopic (exact) mass is 426 g/mol. The van der Waals surface area contributed by atoms with Crippen LogP contribution in [0, 0.1) is 13.8 Å². The molecule has 2 aromatic rings. The summed E-state index contributed by atoms with van der Waals surface area (Å²) >= 11 is 0. The molecular formula is C22H26N4O5. The number of aryl methyl sites for hydroxylation is 2. The molecule has 2 aliphatic rings. The van der Waals surface area contributed by atoms with Crippen molar-refractivity contribution in [2.45, 2.75) is 45.2 Å². The van der Waals surface area contributed by atoms with Gasteiger partial charge in [0.05, 0.1) is 6.54 Å². The standard InChI is InChI=1S/C22H26N4O5/c1-13-3-4-15-10-19(13)30-8-7-23-20(27)11-16-5-6-17(12-24-21(15)28)26(16)22(29)18-9-14(2)31-25-18/h3-4,9-10,16-17H,5-8,11-12H2,1-2H3,(H,23,27)(H,24,28)/t16-,17+/m0/s1. The SMILES string of the molecule is Cc1cc(C(=O)N2[C@@H]3CC[C@H]2CC(=O)NCCOc2cc(ccc2C)C(=O)NC3)no1. The second kappa shape index (κ2) is 8.79. The molecule has 0 unspecified atom stereocenters. The third kappa shape index (κ3) is 4.55. The molecule has 4 bridgehead atoms. The Kier molecular flexibility index (Phi) is 5.92. The summed E-state index contributed by atoms with van der Waals surface area (Å²) in [6.07, 6.45) is 1.53. The van der Waals surface area contributed by atoms with Crippen LogP contribution in [-0.4, -0.2) is 59.6 Å². The summed E-state index contributed by atoms with van der Waals surface area (Å²) in [6.45, 7) is 4.52. The molecule has 2 aliphatic heterocycles. The van der Waals surface area contributed by atoms with E-state index in [1.807, 2.05) is 13.0 Å². The van der Waals surface area contributed by atoms with Crippen LogP contribution < -0.4 is 15.4 Å². The molecule has 1 aromatic heterocycles. The van der Waals surface area contributed by atoms with Gasteiger partial charge in [-0.2, -0.15) is 0 Å². The minimum atomic E-state index is -0.295. The van der Waals surface area contributed by atoms with Crippen molar-refractivity contribution in [2.75, 3.05) is 19.7 Å². The first-order valence-electron chi connectivity index (χ1n) is 10.5. The van der Waals surface area contributed by atoms with Crippen molar-refractivity contribution in [3.63, 3.8) is 0 Å². The van der Waals surface area contributed by atoms with Crippen molar-refractivity contribution in [2.24, 2.45) is 0 Å². The smallest absolute Gasteiger partial charge is 0.276 e. The van der Waals surface area contributed by atoms with Crippen LogP contribution >= 0.6 is 0 Å². The summed E-state index contributed by atoms with van der Waals surface area (Å²) in [7, 11) is 0. The van der Waals surface area contributed by atoms with Crippen LogP contribution in [0.15, 0.2) is 28.8 Å². The Balaban J connectivity index is 1.60. The van der Waals surface area contributed by atoms with E-state index in [1.54, 1.807) is 30.0 Å². The number of nitrogens with zero attached hydrogens (tertiary/aromatic N) is 2. The lowest BCUT2D eigenvalue weighted by Gasteiger charge is -2.29. The average Bonchev–Trinajstić information content (AvgIpc) is 3.35. The number of aromatic nitrogens is 1. The van der Waals surface area contributed by atoms with E-state index in [9.17, 15) is 14.4 Å². The maximum absolute atomic E-state index is 13.2. The minimum absolute atomic E-state index is 0.146. The predicted molar refractivity (Wildman–Crippen MR) is 111 cm³/mol. The van der Waals surface area contributed by atoms with E-state index in [2.05, 4.69) is 15.8 Å². The van der Waals surface area contributed by atoms with Crippen LogP contribution in [-0.2, 0) is 4.79 Å². The van der Waals surface area contributed by atoms with Crippen molar-refractivity contribution >= 4 is 17.7 Å². The highest BCUT2D eigenvalue weighted by Crippen LogP contribution is 2.28. The Labute approximate surface area is 180 Å². The van der Waals surface area contributed by atoms with E-state index in [0.29, 0.717) is 36.5 Å². The molecule has 1 fully saturated rings. The normalized spacial score (nSPS) is 22.1. The highest BCUT2D eigenvalue weighted by atomic mass is 16.5. The quantitative estimate of drug-likeness (QED) is 0.716. The predicted octanol–water partition coefficient (Wildman–Crippen LogP) is 1.59. The van der Waals surface area contributed by atoms with Crippen LogP contribution in [0.1, 0.15) is 51.4 Å². The number of fused-ring (bicyclic) bond motifs is 4. The van der Waals surface area contributed by atoms with Gasteiger partial charge in [-0.05, 0) is 44.4 Å². The molecule has 0 aliphatic carbocycles. The molecule has 164 valence electrons. The van der Waals surface area contributed by atoms with E-state index >= 15 is 0 Å². The van der Waals surface area contributed by atoms with Gasteiger partial charge in [-0.15, -0.1) is 0 Å². The summed E-state index contributed by atoms with van der Waals surface area (Å²) in [4.78, 5) is 40.1. The molecule has 0 spiro atoms. The third-order valence-corrected chi connectivity index (χ3v) is 5.75. The van der Waals surface area contributed by atoms with E-state index in [4.69, 9.17) is 9.26 Å². The van der Waals surface area contributed by atoms with Crippen molar-refractivity contribution < 1.29 is 23.6 Å². The number of rotatable bonds is 1. The zero-order valence-electron chi connectivity index (χ0n) is 17.6. The lowest BCUT2D eigenvalue weighted by molar-refractivity contribution is -0.122. The maximum atomic E-state index is 13.2. The largest absolute Gasteiger partial charge is 0.491 e. The number of benzene rings is 1. The van der Waals surface area contributed by atoms with Crippen molar-refractivity contribution in [1.82, 2.24) is 20.7 Å². The zero-order valence-corrected chi connectivity index (χ0v) is 17.6. The van der Waals surface area contributed by atoms with Crippen molar-refractivity contribution in [3.05, 3.63) is 46.8 Å². The minimum Gasteiger partial charge on any atom is -0.491 e. The zero-order chi connectivity index (χ0) is 22.0. The Hall–Kier alpha value is -3.36. The van der Waals surface area contributed by atoms with E-state index in [0.717, 1.165) is 5.56 Å². The molecule has 9 heteroatoms. The van der Waals surface area contributed by atoms with Gasteiger partial charge in [0.2, 0.25) is 5.91 Å².